The number of hydrogen-bond donors (Lipinski definition) is 1. The molecule has 1 heterocycles. The predicted molar refractivity (Wildman–Crippen MR) is 74.7 cm³/mol. The summed E-state index contributed by atoms with van der Waals surface area (Å²) in [6.07, 6.45) is 0. The lowest BCUT2D eigenvalue weighted by Gasteiger charge is -1.99. The largest absolute Gasteiger partial charge is 0.461 e. The van der Waals surface area contributed by atoms with E-state index in [1.807, 2.05) is 0 Å². The van der Waals surface area contributed by atoms with Crippen LogP contribution in [0.5, 0.6) is 0 Å². The molecule has 19 heavy (non-hydrogen) atoms. The van der Waals surface area contributed by atoms with Gasteiger partial charge in [0.1, 0.15) is 5.82 Å². The van der Waals surface area contributed by atoms with Crippen LogP contribution in [0.1, 0.15) is 23.1 Å². The minimum atomic E-state index is -0.442. The molecule has 0 aliphatic heterocycles. The maximum Gasteiger partial charge on any atom is 0.358 e. The smallest absolute Gasteiger partial charge is 0.358 e. The second-order valence-corrected chi connectivity index (χ2v) is 4.72. The number of imidazole rings is 1. The molecule has 0 saturated carbocycles. The van der Waals surface area contributed by atoms with E-state index < -0.39 is 5.97 Å². The maximum atomic E-state index is 11.7. The van der Waals surface area contributed by atoms with Crippen molar-refractivity contribution in [1.82, 2.24) is 9.97 Å². The van der Waals surface area contributed by atoms with Gasteiger partial charge < -0.3 is 9.72 Å². The van der Waals surface area contributed by atoms with E-state index in [1.54, 1.807) is 32.0 Å². The van der Waals surface area contributed by atoms with Crippen molar-refractivity contribution in [3.63, 3.8) is 0 Å². The van der Waals surface area contributed by atoms with E-state index in [0.717, 1.165) is 5.56 Å². The van der Waals surface area contributed by atoms with Crippen molar-refractivity contribution < 1.29 is 9.53 Å². The van der Waals surface area contributed by atoms with Gasteiger partial charge in [-0.15, -0.1) is 0 Å². The Morgan fingerprint density at radius 1 is 1.37 bits per heavy atom. The third-order valence-electron chi connectivity index (χ3n) is 2.55. The van der Waals surface area contributed by atoms with Gasteiger partial charge in [-0.3, -0.25) is 0 Å². The number of nitrogens with zero attached hydrogens (tertiary/aromatic N) is 1. The van der Waals surface area contributed by atoms with Crippen molar-refractivity contribution in [1.29, 1.82) is 0 Å². The first-order valence-corrected chi connectivity index (χ1v) is 6.47. The number of esters is 1. The Kier molecular flexibility index (Phi) is 4.12. The maximum absolute atomic E-state index is 11.7. The van der Waals surface area contributed by atoms with E-state index in [9.17, 15) is 4.79 Å². The van der Waals surface area contributed by atoms with Gasteiger partial charge in [-0.2, -0.15) is 0 Å². The summed E-state index contributed by atoms with van der Waals surface area (Å²) in [4.78, 5) is 19.0. The highest BCUT2D eigenvalue weighted by Gasteiger charge is 2.16. The summed E-state index contributed by atoms with van der Waals surface area (Å²) in [5.41, 5.74) is 1.69. The molecule has 0 aliphatic rings. The summed E-state index contributed by atoms with van der Waals surface area (Å²) in [6, 6.07) is 5.15. The highest BCUT2D eigenvalue weighted by Crippen LogP contribution is 2.27. The van der Waals surface area contributed by atoms with Gasteiger partial charge in [-0.1, -0.05) is 23.2 Å². The lowest BCUT2D eigenvalue weighted by molar-refractivity contribution is 0.0519. The SMILES string of the molecule is CCOC(=O)c1nc(-c2ccc(Cl)c(Cl)c2)[nH]c1C. The van der Waals surface area contributed by atoms with Crippen LogP contribution in [0.2, 0.25) is 10.0 Å². The number of hydrogen-bond acceptors (Lipinski definition) is 3. The Bertz CT molecular complexity index is 623. The van der Waals surface area contributed by atoms with E-state index in [2.05, 4.69) is 9.97 Å². The number of carbonyl (C=O) groups is 1. The Hall–Kier alpha value is -1.52. The fourth-order valence-corrected chi connectivity index (χ4v) is 1.94. The second-order valence-electron chi connectivity index (χ2n) is 3.91. The molecule has 100 valence electrons. The molecule has 1 aromatic heterocycles. The third-order valence-corrected chi connectivity index (χ3v) is 3.29. The molecule has 1 aromatic carbocycles. The summed E-state index contributed by atoms with van der Waals surface area (Å²) in [7, 11) is 0. The Labute approximate surface area is 120 Å². The molecule has 0 bridgehead atoms. The normalized spacial score (nSPS) is 10.5. The van der Waals surface area contributed by atoms with Crippen LogP contribution < -0.4 is 0 Å². The van der Waals surface area contributed by atoms with Crippen molar-refractivity contribution in [2.45, 2.75) is 13.8 Å². The zero-order valence-electron chi connectivity index (χ0n) is 10.5. The zero-order chi connectivity index (χ0) is 14.0. The van der Waals surface area contributed by atoms with E-state index in [-0.39, 0.29) is 5.69 Å². The summed E-state index contributed by atoms with van der Waals surface area (Å²) in [6.45, 7) is 3.83. The summed E-state index contributed by atoms with van der Waals surface area (Å²) in [5, 5.41) is 0.908. The molecule has 6 heteroatoms. The van der Waals surface area contributed by atoms with Crippen molar-refractivity contribution in [2.75, 3.05) is 6.61 Å². The van der Waals surface area contributed by atoms with Gasteiger partial charge in [-0.05, 0) is 32.0 Å². The number of ether oxygens (including phenoxy) is 1. The summed E-state index contributed by atoms with van der Waals surface area (Å²) < 4.78 is 4.93. The van der Waals surface area contributed by atoms with Crippen LogP contribution in [-0.4, -0.2) is 22.5 Å². The van der Waals surface area contributed by atoms with E-state index >= 15 is 0 Å². The third kappa shape index (κ3) is 2.91. The van der Waals surface area contributed by atoms with Gasteiger partial charge in [0.2, 0.25) is 0 Å². The molecular weight excluding hydrogens is 287 g/mol. The molecule has 0 fully saturated rings. The minimum Gasteiger partial charge on any atom is -0.461 e. The van der Waals surface area contributed by atoms with Crippen LogP contribution in [0.15, 0.2) is 18.2 Å². The van der Waals surface area contributed by atoms with Crippen molar-refractivity contribution in [3.05, 3.63) is 39.6 Å². The van der Waals surface area contributed by atoms with Gasteiger partial charge in [0.15, 0.2) is 5.69 Å². The average molecular weight is 299 g/mol. The molecule has 0 atom stereocenters. The van der Waals surface area contributed by atoms with Crippen LogP contribution in [0, 0.1) is 6.92 Å². The van der Waals surface area contributed by atoms with Crippen LogP contribution >= 0.6 is 23.2 Å². The lowest BCUT2D eigenvalue weighted by atomic mass is 10.2. The number of aromatic nitrogens is 2. The number of carbonyl (C=O) groups excluding carboxylic acids is 1. The van der Waals surface area contributed by atoms with Crippen LogP contribution in [0.3, 0.4) is 0 Å². The van der Waals surface area contributed by atoms with Gasteiger partial charge in [0, 0.05) is 11.3 Å². The average Bonchev–Trinajstić information content (AvgIpc) is 2.75. The number of benzene rings is 1. The zero-order valence-corrected chi connectivity index (χ0v) is 12.0. The van der Waals surface area contributed by atoms with Crippen LogP contribution in [0.25, 0.3) is 11.4 Å². The first-order chi connectivity index (χ1) is 9.02. The molecule has 0 aliphatic carbocycles. The van der Waals surface area contributed by atoms with E-state index in [4.69, 9.17) is 27.9 Å². The van der Waals surface area contributed by atoms with Gasteiger partial charge in [-0.25, -0.2) is 9.78 Å². The first kappa shape index (κ1) is 13.9. The fraction of sp³-hybridized carbons (Fsp3) is 0.231. The molecule has 0 radical (unpaired) electrons. The molecule has 0 spiro atoms. The molecular formula is C13H12Cl2N2O2. The topological polar surface area (TPSA) is 55.0 Å². The van der Waals surface area contributed by atoms with E-state index in [1.165, 1.54) is 0 Å². The van der Waals surface area contributed by atoms with Crippen molar-refractivity contribution >= 4 is 29.2 Å². The van der Waals surface area contributed by atoms with Crippen LogP contribution in [-0.2, 0) is 4.74 Å². The molecule has 0 unspecified atom stereocenters. The summed E-state index contributed by atoms with van der Waals surface area (Å²) in [5.74, 6) is 0.113. The Balaban J connectivity index is 2.38. The molecule has 2 aromatic rings. The standard InChI is InChI=1S/C13H12Cl2N2O2/c1-3-19-13(18)11-7(2)16-12(17-11)8-4-5-9(14)10(15)6-8/h4-6H,3H2,1-2H3,(H,16,17). The molecule has 0 saturated heterocycles. The predicted octanol–water partition coefficient (Wildman–Crippen LogP) is 3.87. The first-order valence-electron chi connectivity index (χ1n) is 5.72. The van der Waals surface area contributed by atoms with Crippen LogP contribution in [0.4, 0.5) is 0 Å². The highest BCUT2D eigenvalue weighted by atomic mass is 35.5. The highest BCUT2D eigenvalue weighted by molar-refractivity contribution is 6.42. The molecule has 2 rings (SSSR count). The summed E-state index contributed by atoms with van der Waals surface area (Å²) >= 11 is 11.8. The fourth-order valence-electron chi connectivity index (χ4n) is 1.64. The number of H-pyrrole nitrogens is 1. The molecule has 0 amide bonds. The number of rotatable bonds is 3. The van der Waals surface area contributed by atoms with Gasteiger partial charge >= 0.3 is 5.97 Å². The van der Waals surface area contributed by atoms with E-state index in [0.29, 0.717) is 28.2 Å². The van der Waals surface area contributed by atoms with Crippen molar-refractivity contribution in [2.24, 2.45) is 0 Å². The second kappa shape index (κ2) is 5.63. The number of aromatic amines is 1. The quantitative estimate of drug-likeness (QED) is 0.875. The molecule has 1 N–H and O–H groups in total. The minimum absolute atomic E-state index is 0.280. The Morgan fingerprint density at radius 2 is 2.11 bits per heavy atom. The van der Waals surface area contributed by atoms with Crippen molar-refractivity contribution in [3.8, 4) is 11.4 Å². The molecule has 4 nitrogen and oxygen atoms in total. The Morgan fingerprint density at radius 3 is 2.74 bits per heavy atom. The number of aryl methyl sites for hydroxylation is 1. The number of halogens is 2. The van der Waals surface area contributed by atoms with Gasteiger partial charge in [0.25, 0.3) is 0 Å². The van der Waals surface area contributed by atoms with Gasteiger partial charge in [0.05, 0.1) is 16.7 Å². The lowest BCUT2D eigenvalue weighted by Crippen LogP contribution is -2.06. The monoisotopic (exact) mass is 298 g/mol. The number of nitrogens with one attached hydrogen (secondary N) is 1.